The van der Waals surface area contributed by atoms with Crippen molar-refractivity contribution in [3.63, 3.8) is 0 Å². The van der Waals surface area contributed by atoms with Crippen LogP contribution in [0.5, 0.6) is 0 Å². The average Bonchev–Trinajstić information content (AvgIpc) is 2.48. The zero-order valence-corrected chi connectivity index (χ0v) is 12.0. The molecule has 0 bridgehead atoms. The quantitative estimate of drug-likeness (QED) is 0.794. The molecule has 2 aromatic carbocycles. The van der Waals surface area contributed by atoms with Gasteiger partial charge in [0.1, 0.15) is 0 Å². The Morgan fingerprint density at radius 3 is 2.25 bits per heavy atom. The van der Waals surface area contributed by atoms with Gasteiger partial charge in [0.05, 0.1) is 6.61 Å². The van der Waals surface area contributed by atoms with E-state index < -0.39 is 0 Å². The molecular weight excluding hydrogens is 274 g/mol. The van der Waals surface area contributed by atoms with Crippen molar-refractivity contribution in [2.45, 2.75) is 19.1 Å². The van der Waals surface area contributed by atoms with Crippen molar-refractivity contribution >= 4 is 12.4 Å². The zero-order chi connectivity index (χ0) is 13.7. The minimum atomic E-state index is -0.137. The SMILES string of the molecule is Cl.NC(CCO)c1cccc(-c2ccc(CO)cc2)c1. The first-order chi connectivity index (χ1) is 9.24. The van der Waals surface area contributed by atoms with Crippen molar-refractivity contribution in [3.8, 4) is 11.1 Å². The van der Waals surface area contributed by atoms with Crippen LogP contribution in [0, 0.1) is 0 Å². The van der Waals surface area contributed by atoms with Gasteiger partial charge < -0.3 is 15.9 Å². The van der Waals surface area contributed by atoms with Gasteiger partial charge in [-0.1, -0.05) is 42.5 Å². The van der Waals surface area contributed by atoms with Crippen molar-refractivity contribution in [2.24, 2.45) is 5.73 Å². The Morgan fingerprint density at radius 2 is 1.65 bits per heavy atom. The fraction of sp³-hybridized carbons (Fsp3) is 0.250. The minimum absolute atomic E-state index is 0. The zero-order valence-electron chi connectivity index (χ0n) is 11.2. The first-order valence-corrected chi connectivity index (χ1v) is 6.41. The predicted molar refractivity (Wildman–Crippen MR) is 83.7 cm³/mol. The molecule has 0 aliphatic rings. The molecule has 0 spiro atoms. The second kappa shape index (κ2) is 8.02. The molecular formula is C16H20ClNO2. The van der Waals surface area contributed by atoms with E-state index in [1.165, 1.54) is 0 Å². The number of aliphatic hydroxyl groups is 2. The van der Waals surface area contributed by atoms with E-state index in [-0.39, 0.29) is 31.7 Å². The summed E-state index contributed by atoms with van der Waals surface area (Å²) in [5.74, 6) is 0. The molecule has 1 unspecified atom stereocenters. The van der Waals surface area contributed by atoms with Crippen LogP contribution in [0.1, 0.15) is 23.6 Å². The first kappa shape index (κ1) is 16.7. The first-order valence-electron chi connectivity index (χ1n) is 6.41. The largest absolute Gasteiger partial charge is 0.396 e. The van der Waals surface area contributed by atoms with E-state index in [1.807, 2.05) is 48.5 Å². The predicted octanol–water partition coefficient (Wildman–Crippen LogP) is 2.65. The van der Waals surface area contributed by atoms with Crippen LogP contribution in [0.15, 0.2) is 48.5 Å². The van der Waals surface area contributed by atoms with Gasteiger partial charge in [0.25, 0.3) is 0 Å². The summed E-state index contributed by atoms with van der Waals surface area (Å²) in [7, 11) is 0. The van der Waals surface area contributed by atoms with E-state index in [9.17, 15) is 0 Å². The van der Waals surface area contributed by atoms with Crippen molar-refractivity contribution < 1.29 is 10.2 Å². The maximum absolute atomic E-state index is 9.03. The summed E-state index contributed by atoms with van der Waals surface area (Å²) in [6.07, 6.45) is 0.562. The van der Waals surface area contributed by atoms with Crippen LogP contribution in [0.4, 0.5) is 0 Å². The highest BCUT2D eigenvalue weighted by Gasteiger charge is 2.06. The number of nitrogens with two attached hydrogens (primary N) is 1. The van der Waals surface area contributed by atoms with E-state index in [4.69, 9.17) is 15.9 Å². The summed E-state index contributed by atoms with van der Waals surface area (Å²) >= 11 is 0. The maximum atomic E-state index is 9.03. The molecule has 0 aliphatic carbocycles. The highest BCUT2D eigenvalue weighted by Crippen LogP contribution is 2.24. The number of halogens is 1. The lowest BCUT2D eigenvalue weighted by atomic mass is 9.98. The lowest BCUT2D eigenvalue weighted by Gasteiger charge is -2.12. The fourth-order valence-electron chi connectivity index (χ4n) is 2.06. The number of rotatable bonds is 5. The average molecular weight is 294 g/mol. The van der Waals surface area contributed by atoms with Gasteiger partial charge in [-0.15, -0.1) is 12.4 Å². The van der Waals surface area contributed by atoms with Crippen LogP contribution in [0.25, 0.3) is 11.1 Å². The number of benzene rings is 2. The van der Waals surface area contributed by atoms with Crippen molar-refractivity contribution in [1.29, 1.82) is 0 Å². The van der Waals surface area contributed by atoms with Crippen molar-refractivity contribution in [3.05, 3.63) is 59.7 Å². The van der Waals surface area contributed by atoms with E-state index in [0.29, 0.717) is 6.42 Å². The highest BCUT2D eigenvalue weighted by atomic mass is 35.5. The van der Waals surface area contributed by atoms with E-state index in [0.717, 1.165) is 22.3 Å². The molecule has 0 aliphatic heterocycles. The second-order valence-corrected chi connectivity index (χ2v) is 4.60. The summed E-state index contributed by atoms with van der Waals surface area (Å²) in [6, 6.07) is 15.7. The Kier molecular flexibility index (Phi) is 6.68. The highest BCUT2D eigenvalue weighted by molar-refractivity contribution is 5.85. The molecule has 1 atom stereocenters. The lowest BCUT2D eigenvalue weighted by Crippen LogP contribution is -2.11. The summed E-state index contributed by atoms with van der Waals surface area (Å²) in [5.41, 5.74) is 10.1. The van der Waals surface area contributed by atoms with E-state index in [1.54, 1.807) is 0 Å². The molecule has 108 valence electrons. The van der Waals surface area contributed by atoms with Crippen LogP contribution >= 0.6 is 12.4 Å². The summed E-state index contributed by atoms with van der Waals surface area (Å²) in [4.78, 5) is 0. The number of hydrogen-bond donors (Lipinski definition) is 3. The third kappa shape index (κ3) is 4.05. The lowest BCUT2D eigenvalue weighted by molar-refractivity contribution is 0.276. The fourth-order valence-corrected chi connectivity index (χ4v) is 2.06. The molecule has 3 nitrogen and oxygen atoms in total. The molecule has 0 fully saturated rings. The van der Waals surface area contributed by atoms with Gasteiger partial charge in [-0.2, -0.15) is 0 Å². The number of hydrogen-bond acceptors (Lipinski definition) is 3. The van der Waals surface area contributed by atoms with Gasteiger partial charge in [-0.25, -0.2) is 0 Å². The molecule has 0 radical (unpaired) electrons. The molecule has 0 saturated carbocycles. The van der Waals surface area contributed by atoms with E-state index in [2.05, 4.69) is 0 Å². The Hall–Kier alpha value is -1.39. The second-order valence-electron chi connectivity index (χ2n) is 4.60. The molecule has 0 amide bonds. The third-order valence-corrected chi connectivity index (χ3v) is 3.22. The summed E-state index contributed by atoms with van der Waals surface area (Å²) in [5, 5.41) is 18.0. The number of aliphatic hydroxyl groups excluding tert-OH is 2. The van der Waals surface area contributed by atoms with Crippen LogP contribution < -0.4 is 5.73 Å². The van der Waals surface area contributed by atoms with Gasteiger partial charge in [0.15, 0.2) is 0 Å². The monoisotopic (exact) mass is 293 g/mol. The van der Waals surface area contributed by atoms with E-state index >= 15 is 0 Å². The summed E-state index contributed by atoms with van der Waals surface area (Å²) < 4.78 is 0. The maximum Gasteiger partial charge on any atom is 0.0681 e. The Balaban J connectivity index is 0.00000200. The van der Waals surface area contributed by atoms with Gasteiger partial charge in [-0.3, -0.25) is 0 Å². The standard InChI is InChI=1S/C16H19NO2.ClH/c17-16(8-9-18)15-3-1-2-14(10-15)13-6-4-12(11-19)5-7-13;/h1-7,10,16,18-19H,8-9,11,17H2;1H. The van der Waals surface area contributed by atoms with Crippen molar-refractivity contribution in [1.82, 2.24) is 0 Å². The van der Waals surface area contributed by atoms with Crippen LogP contribution in [-0.2, 0) is 6.61 Å². The van der Waals surface area contributed by atoms with Gasteiger partial charge in [0.2, 0.25) is 0 Å². The topological polar surface area (TPSA) is 66.5 Å². The van der Waals surface area contributed by atoms with Crippen LogP contribution in [0.3, 0.4) is 0 Å². The van der Waals surface area contributed by atoms with Crippen molar-refractivity contribution in [2.75, 3.05) is 6.61 Å². The minimum Gasteiger partial charge on any atom is -0.396 e. The molecule has 2 rings (SSSR count). The van der Waals surface area contributed by atoms with Gasteiger partial charge in [-0.05, 0) is 34.7 Å². The molecule has 0 heterocycles. The molecule has 20 heavy (non-hydrogen) atoms. The smallest absolute Gasteiger partial charge is 0.0681 e. The van der Waals surface area contributed by atoms with Crippen LogP contribution in [-0.4, -0.2) is 16.8 Å². The molecule has 0 aromatic heterocycles. The summed E-state index contributed by atoms with van der Waals surface area (Å²) in [6.45, 7) is 0.151. The third-order valence-electron chi connectivity index (χ3n) is 3.22. The van der Waals surface area contributed by atoms with Gasteiger partial charge >= 0.3 is 0 Å². The Morgan fingerprint density at radius 1 is 0.950 bits per heavy atom. The normalized spacial score (nSPS) is 11.8. The molecule has 2 aromatic rings. The molecule has 4 N–H and O–H groups in total. The molecule has 4 heteroatoms. The Labute approximate surface area is 125 Å². The molecule has 0 saturated heterocycles. The van der Waals surface area contributed by atoms with Crippen LogP contribution in [0.2, 0.25) is 0 Å². The Bertz CT molecular complexity index is 528. The van der Waals surface area contributed by atoms with Gasteiger partial charge in [0, 0.05) is 12.6 Å².